The van der Waals surface area contributed by atoms with Gasteiger partial charge in [-0.3, -0.25) is 4.79 Å². The minimum atomic E-state index is -1.15. The van der Waals surface area contributed by atoms with Crippen molar-refractivity contribution in [1.29, 1.82) is 0 Å². The van der Waals surface area contributed by atoms with Crippen LogP contribution < -0.4 is 10.1 Å². The number of carboxylic acids is 1. The van der Waals surface area contributed by atoms with Crippen LogP contribution in [-0.2, 0) is 9.59 Å². The summed E-state index contributed by atoms with van der Waals surface area (Å²) in [6.45, 7) is 3.52. The van der Waals surface area contributed by atoms with Crippen molar-refractivity contribution in [3.63, 3.8) is 0 Å². The SMILES string of the molecule is CNc1cccc2c(OCC3=C(C(=O)O)N4C(=O)[C@H]([C@@H](C)O)C4[C@H]3C)cccc12. The van der Waals surface area contributed by atoms with Crippen LogP contribution in [0.25, 0.3) is 10.8 Å². The molecule has 2 heterocycles. The number of anilines is 1. The lowest BCUT2D eigenvalue weighted by atomic mass is 9.78. The Bertz CT molecular complexity index is 1030. The van der Waals surface area contributed by atoms with Gasteiger partial charge in [0.2, 0.25) is 5.91 Å². The molecule has 0 bridgehead atoms. The Labute approximate surface area is 168 Å². The van der Waals surface area contributed by atoms with E-state index in [0.717, 1.165) is 16.5 Å². The molecule has 7 heteroatoms. The van der Waals surface area contributed by atoms with Crippen molar-refractivity contribution in [2.45, 2.75) is 26.0 Å². The summed E-state index contributed by atoms with van der Waals surface area (Å²) in [6, 6.07) is 11.3. The van der Waals surface area contributed by atoms with E-state index in [9.17, 15) is 19.8 Å². The monoisotopic (exact) mass is 396 g/mol. The molecule has 0 radical (unpaired) electrons. The van der Waals surface area contributed by atoms with Gasteiger partial charge in [0.15, 0.2) is 0 Å². The third-order valence-corrected chi connectivity index (χ3v) is 6.05. The highest BCUT2D eigenvalue weighted by atomic mass is 16.5. The van der Waals surface area contributed by atoms with E-state index in [0.29, 0.717) is 11.3 Å². The summed E-state index contributed by atoms with van der Waals surface area (Å²) in [5.74, 6) is -1.62. The van der Waals surface area contributed by atoms with Gasteiger partial charge in [-0.1, -0.05) is 31.2 Å². The van der Waals surface area contributed by atoms with Crippen LogP contribution in [0.5, 0.6) is 5.75 Å². The molecule has 1 amide bonds. The molecule has 7 nitrogen and oxygen atoms in total. The summed E-state index contributed by atoms with van der Waals surface area (Å²) in [6.07, 6.45) is -0.820. The zero-order valence-electron chi connectivity index (χ0n) is 16.5. The van der Waals surface area contributed by atoms with Crippen molar-refractivity contribution in [2.24, 2.45) is 11.8 Å². The van der Waals surface area contributed by atoms with E-state index in [-0.39, 0.29) is 30.2 Å². The maximum Gasteiger partial charge on any atom is 0.352 e. The van der Waals surface area contributed by atoms with Gasteiger partial charge in [-0.25, -0.2) is 4.79 Å². The summed E-state index contributed by atoms with van der Waals surface area (Å²) >= 11 is 0. The Hall–Kier alpha value is -3.06. The molecular formula is C22H24N2O5. The third kappa shape index (κ3) is 2.84. The topological polar surface area (TPSA) is 99.1 Å². The molecule has 1 unspecified atom stereocenters. The first-order chi connectivity index (χ1) is 13.9. The van der Waals surface area contributed by atoms with E-state index in [1.54, 1.807) is 6.92 Å². The van der Waals surface area contributed by atoms with Crippen molar-refractivity contribution in [2.75, 3.05) is 19.0 Å². The zero-order valence-corrected chi connectivity index (χ0v) is 16.5. The van der Waals surface area contributed by atoms with Gasteiger partial charge in [0, 0.05) is 35.0 Å². The molecule has 152 valence electrons. The predicted molar refractivity (Wildman–Crippen MR) is 109 cm³/mol. The Balaban J connectivity index is 1.66. The molecule has 2 aliphatic rings. The number of nitrogens with one attached hydrogen (secondary N) is 1. The number of carboxylic acid groups (broad SMARTS) is 1. The number of rotatable bonds is 6. The molecule has 29 heavy (non-hydrogen) atoms. The van der Waals surface area contributed by atoms with Gasteiger partial charge in [0.1, 0.15) is 18.1 Å². The minimum Gasteiger partial charge on any atom is -0.488 e. The van der Waals surface area contributed by atoms with Crippen LogP contribution in [0.4, 0.5) is 5.69 Å². The maximum absolute atomic E-state index is 12.4. The molecular weight excluding hydrogens is 372 g/mol. The number of aliphatic hydroxyl groups is 1. The number of nitrogens with zero attached hydrogens (tertiary/aromatic N) is 1. The van der Waals surface area contributed by atoms with Gasteiger partial charge in [0.25, 0.3) is 0 Å². The maximum atomic E-state index is 12.4. The second-order valence-corrected chi connectivity index (χ2v) is 7.63. The van der Waals surface area contributed by atoms with Crippen LogP contribution in [0.15, 0.2) is 47.7 Å². The zero-order chi connectivity index (χ0) is 20.9. The number of amides is 1. The van der Waals surface area contributed by atoms with E-state index in [1.165, 1.54) is 4.90 Å². The molecule has 1 fully saturated rings. The number of β-lactam (4-membered cyclic amide) rings is 1. The highest BCUT2D eigenvalue weighted by Crippen LogP contribution is 2.47. The summed E-state index contributed by atoms with van der Waals surface area (Å²) in [5, 5.41) is 24.7. The van der Waals surface area contributed by atoms with Crippen LogP contribution in [0.3, 0.4) is 0 Å². The Morgan fingerprint density at radius 1 is 1.24 bits per heavy atom. The highest BCUT2D eigenvalue weighted by Gasteiger charge is 2.59. The number of carbonyl (C=O) groups excluding carboxylic acids is 1. The van der Waals surface area contributed by atoms with E-state index in [1.807, 2.05) is 50.4 Å². The second kappa shape index (κ2) is 7.08. The van der Waals surface area contributed by atoms with Gasteiger partial charge in [-0.2, -0.15) is 0 Å². The third-order valence-electron chi connectivity index (χ3n) is 6.05. The Kier molecular flexibility index (Phi) is 4.70. The lowest BCUT2D eigenvalue weighted by Gasteiger charge is -2.46. The van der Waals surface area contributed by atoms with Crippen LogP contribution in [0, 0.1) is 11.8 Å². The quantitative estimate of drug-likeness (QED) is 0.649. The first-order valence-corrected chi connectivity index (χ1v) is 9.66. The number of benzene rings is 2. The van der Waals surface area contributed by atoms with Crippen molar-refractivity contribution in [3.05, 3.63) is 47.7 Å². The number of ether oxygens (including phenoxy) is 1. The van der Waals surface area contributed by atoms with Crippen LogP contribution in [0.2, 0.25) is 0 Å². The molecule has 0 spiro atoms. The molecule has 3 N–H and O–H groups in total. The van der Waals surface area contributed by atoms with Crippen molar-refractivity contribution in [3.8, 4) is 5.75 Å². The number of hydrogen-bond acceptors (Lipinski definition) is 5. The molecule has 4 rings (SSSR count). The predicted octanol–water partition coefficient (Wildman–Crippen LogP) is 2.46. The lowest BCUT2D eigenvalue weighted by Crippen LogP contribution is -2.63. The molecule has 2 aliphatic heterocycles. The van der Waals surface area contributed by atoms with Crippen molar-refractivity contribution in [1.82, 2.24) is 4.90 Å². The van der Waals surface area contributed by atoms with E-state index in [2.05, 4.69) is 5.32 Å². The lowest BCUT2D eigenvalue weighted by molar-refractivity contribution is -0.163. The Morgan fingerprint density at radius 2 is 1.93 bits per heavy atom. The van der Waals surface area contributed by atoms with E-state index >= 15 is 0 Å². The average Bonchev–Trinajstić information content (AvgIpc) is 2.94. The Morgan fingerprint density at radius 3 is 2.59 bits per heavy atom. The number of aliphatic carboxylic acids is 1. The average molecular weight is 396 g/mol. The molecule has 1 saturated heterocycles. The van der Waals surface area contributed by atoms with Crippen molar-refractivity contribution >= 4 is 28.3 Å². The normalized spacial score (nSPS) is 24.3. The van der Waals surface area contributed by atoms with Gasteiger partial charge in [0.05, 0.1) is 18.1 Å². The van der Waals surface area contributed by atoms with Gasteiger partial charge >= 0.3 is 5.97 Å². The first-order valence-electron chi connectivity index (χ1n) is 9.66. The van der Waals surface area contributed by atoms with Crippen LogP contribution in [0.1, 0.15) is 13.8 Å². The van der Waals surface area contributed by atoms with Gasteiger partial charge in [-0.05, 0) is 19.1 Å². The van der Waals surface area contributed by atoms with Crippen molar-refractivity contribution < 1.29 is 24.5 Å². The van der Waals surface area contributed by atoms with Gasteiger partial charge in [-0.15, -0.1) is 0 Å². The smallest absolute Gasteiger partial charge is 0.352 e. The summed E-state index contributed by atoms with van der Waals surface area (Å²) in [4.78, 5) is 25.6. The van der Waals surface area contributed by atoms with E-state index in [4.69, 9.17) is 4.74 Å². The number of aliphatic hydroxyl groups excluding tert-OH is 1. The summed E-state index contributed by atoms with van der Waals surface area (Å²) in [7, 11) is 1.85. The molecule has 0 saturated carbocycles. The standard InChI is InChI=1S/C22H24N2O5/c1-11-15(20(22(27)28)24-19(11)18(12(2)25)21(24)26)10-29-17-9-5-6-13-14(17)7-4-8-16(13)23-3/h4-9,11-12,18-19,23,25H,10H2,1-3H3,(H,27,28)/t11-,12+,18+,19?/m0/s1. The first kappa shape index (κ1) is 19.3. The summed E-state index contributed by atoms with van der Waals surface area (Å²) in [5.41, 5.74) is 1.53. The molecule has 0 aromatic heterocycles. The highest BCUT2D eigenvalue weighted by molar-refractivity contribution is 6.00. The minimum absolute atomic E-state index is 0.0134. The molecule has 4 atom stereocenters. The molecule has 2 aromatic carbocycles. The second-order valence-electron chi connectivity index (χ2n) is 7.63. The fourth-order valence-electron chi connectivity index (χ4n) is 4.61. The number of hydrogen-bond donors (Lipinski definition) is 3. The molecule has 0 aliphatic carbocycles. The van der Waals surface area contributed by atoms with Crippen LogP contribution >= 0.6 is 0 Å². The van der Waals surface area contributed by atoms with Gasteiger partial charge < -0.3 is 25.2 Å². The fraction of sp³-hybridized carbons (Fsp3) is 0.364. The van der Waals surface area contributed by atoms with Crippen LogP contribution in [-0.4, -0.2) is 52.8 Å². The number of fused-ring (bicyclic) bond motifs is 2. The summed E-state index contributed by atoms with van der Waals surface area (Å²) < 4.78 is 6.06. The fourth-order valence-corrected chi connectivity index (χ4v) is 4.61. The van der Waals surface area contributed by atoms with E-state index < -0.39 is 18.0 Å². The number of carbonyl (C=O) groups is 2. The molecule has 2 aromatic rings. The largest absolute Gasteiger partial charge is 0.488 e.